The molecule has 0 atom stereocenters. The summed E-state index contributed by atoms with van der Waals surface area (Å²) in [5.74, 6) is 0. The van der Waals surface area contributed by atoms with Crippen molar-refractivity contribution in [3.63, 3.8) is 0 Å². The Labute approximate surface area is 139 Å². The van der Waals surface area contributed by atoms with Gasteiger partial charge in [-0.3, -0.25) is 0 Å². The molecule has 0 aliphatic heterocycles. The molecule has 1 nitrogen and oxygen atoms in total. The smallest absolute Gasteiger partial charge is 0.219 e. The van der Waals surface area contributed by atoms with Crippen molar-refractivity contribution >= 4 is 25.7 Å². The zero-order valence-corrected chi connectivity index (χ0v) is 15.7. The van der Waals surface area contributed by atoms with Gasteiger partial charge >= 0.3 is 9.76 Å². The van der Waals surface area contributed by atoms with Gasteiger partial charge in [-0.15, -0.1) is 19.7 Å². The average molecular weight is 364 g/mol. The van der Waals surface area contributed by atoms with E-state index in [4.69, 9.17) is 4.43 Å². The number of allylic oxidation sites excluding steroid dienone is 1. The van der Waals surface area contributed by atoms with Crippen LogP contribution >= 0.6 is 15.9 Å². The van der Waals surface area contributed by atoms with Gasteiger partial charge in [-0.2, -0.15) is 0 Å². The van der Waals surface area contributed by atoms with Crippen molar-refractivity contribution < 1.29 is 4.43 Å². The first kappa shape index (κ1) is 18.1. The summed E-state index contributed by atoms with van der Waals surface area (Å²) in [7, 11) is -0.125. The van der Waals surface area contributed by atoms with Crippen LogP contribution in [-0.2, 0) is 10.0 Å². The maximum absolute atomic E-state index is 6.39. The molecule has 0 bridgehead atoms. The van der Waals surface area contributed by atoms with E-state index in [1.54, 1.807) is 0 Å². The lowest BCUT2D eigenvalue weighted by Crippen LogP contribution is -2.32. The molecule has 0 aromatic heterocycles. The topological polar surface area (TPSA) is 9.23 Å². The SMILES string of the molecule is C=CC[SiH+]OC(CC(=C)C)(CC(=C)C)c1ccc(Br)cc1. The van der Waals surface area contributed by atoms with Crippen LogP contribution in [0.1, 0.15) is 32.3 Å². The highest BCUT2D eigenvalue weighted by Gasteiger charge is 2.37. The monoisotopic (exact) mass is 363 g/mol. The van der Waals surface area contributed by atoms with E-state index >= 15 is 0 Å². The third-order valence-corrected chi connectivity index (χ3v) is 4.79. The summed E-state index contributed by atoms with van der Waals surface area (Å²) >= 11 is 3.49. The second-order valence-corrected chi connectivity index (χ2v) is 7.53. The van der Waals surface area contributed by atoms with Crippen molar-refractivity contribution in [2.24, 2.45) is 0 Å². The van der Waals surface area contributed by atoms with Crippen LogP contribution in [0.4, 0.5) is 0 Å². The lowest BCUT2D eigenvalue weighted by Gasteiger charge is -2.31. The molecule has 0 spiro atoms. The summed E-state index contributed by atoms with van der Waals surface area (Å²) in [5, 5.41) is 0. The molecule has 0 heterocycles. The summed E-state index contributed by atoms with van der Waals surface area (Å²) in [6.45, 7) is 16.1. The molecule has 0 saturated carbocycles. The van der Waals surface area contributed by atoms with E-state index in [2.05, 4.69) is 73.8 Å². The summed E-state index contributed by atoms with van der Waals surface area (Å²) in [4.78, 5) is 0. The molecule has 0 aliphatic carbocycles. The highest BCUT2D eigenvalue weighted by Crippen LogP contribution is 2.38. The quantitative estimate of drug-likeness (QED) is 0.317. The summed E-state index contributed by atoms with van der Waals surface area (Å²) in [6.07, 6.45) is 3.54. The van der Waals surface area contributed by atoms with Crippen LogP contribution in [0.15, 0.2) is 65.7 Å². The Morgan fingerprint density at radius 1 is 1.19 bits per heavy atom. The van der Waals surface area contributed by atoms with Crippen molar-refractivity contribution in [3.8, 4) is 0 Å². The highest BCUT2D eigenvalue weighted by atomic mass is 79.9. The molecule has 0 radical (unpaired) electrons. The number of rotatable bonds is 9. The van der Waals surface area contributed by atoms with Crippen LogP contribution in [0.3, 0.4) is 0 Å². The molecule has 0 fully saturated rings. The molecule has 0 N–H and O–H groups in total. The molecule has 1 aromatic carbocycles. The zero-order valence-electron chi connectivity index (χ0n) is 13.0. The van der Waals surface area contributed by atoms with Gasteiger partial charge in [-0.1, -0.05) is 45.3 Å². The first-order chi connectivity index (χ1) is 9.89. The zero-order chi connectivity index (χ0) is 15.9. The van der Waals surface area contributed by atoms with Crippen LogP contribution < -0.4 is 0 Å². The number of hydrogen-bond donors (Lipinski definition) is 0. The Morgan fingerprint density at radius 3 is 2.14 bits per heavy atom. The normalized spacial score (nSPS) is 11.0. The van der Waals surface area contributed by atoms with Gasteiger partial charge in [0.25, 0.3) is 0 Å². The van der Waals surface area contributed by atoms with Crippen molar-refractivity contribution in [2.75, 3.05) is 0 Å². The minimum atomic E-state index is -0.350. The fourth-order valence-corrected chi connectivity index (χ4v) is 3.54. The van der Waals surface area contributed by atoms with Crippen LogP contribution in [-0.4, -0.2) is 9.76 Å². The Morgan fingerprint density at radius 2 is 1.71 bits per heavy atom. The molecule has 0 saturated heterocycles. The third kappa shape index (κ3) is 5.77. The number of hydrogen-bond acceptors (Lipinski definition) is 1. The third-order valence-electron chi connectivity index (χ3n) is 3.12. The molecule has 0 unspecified atom stereocenters. The predicted molar refractivity (Wildman–Crippen MR) is 97.9 cm³/mol. The van der Waals surface area contributed by atoms with Gasteiger partial charge < -0.3 is 0 Å². The Hall–Kier alpha value is -0.903. The molecule has 21 heavy (non-hydrogen) atoms. The molecule has 112 valence electrons. The van der Waals surface area contributed by atoms with Gasteiger partial charge in [-0.25, -0.2) is 4.43 Å². The van der Waals surface area contributed by atoms with E-state index in [0.29, 0.717) is 0 Å². The van der Waals surface area contributed by atoms with Crippen molar-refractivity contribution in [3.05, 3.63) is 71.3 Å². The van der Waals surface area contributed by atoms with Gasteiger partial charge in [0, 0.05) is 17.3 Å². The first-order valence-electron chi connectivity index (χ1n) is 7.05. The van der Waals surface area contributed by atoms with Gasteiger partial charge in [0.2, 0.25) is 0 Å². The molecule has 0 aliphatic rings. The lowest BCUT2D eigenvalue weighted by molar-refractivity contribution is 0.0718. The molecule has 0 amide bonds. The fraction of sp³-hybridized carbons (Fsp3) is 0.333. The van der Waals surface area contributed by atoms with Gasteiger partial charge in [0.15, 0.2) is 0 Å². The van der Waals surface area contributed by atoms with Crippen LogP contribution in [0.2, 0.25) is 6.04 Å². The predicted octanol–water partition coefficient (Wildman–Crippen LogP) is 5.55. The minimum absolute atomic E-state index is 0.125. The van der Waals surface area contributed by atoms with Crippen LogP contribution in [0.25, 0.3) is 0 Å². The second kappa shape index (κ2) is 8.52. The van der Waals surface area contributed by atoms with E-state index in [1.165, 1.54) is 5.56 Å². The molecular formula is C18H24BrOSi+. The van der Waals surface area contributed by atoms with Crippen molar-refractivity contribution in [1.29, 1.82) is 0 Å². The van der Waals surface area contributed by atoms with E-state index in [-0.39, 0.29) is 15.4 Å². The Bertz CT molecular complexity index is 488. The van der Waals surface area contributed by atoms with Crippen LogP contribution in [0.5, 0.6) is 0 Å². The second-order valence-electron chi connectivity index (χ2n) is 5.58. The number of benzene rings is 1. The lowest BCUT2D eigenvalue weighted by atomic mass is 9.83. The standard InChI is InChI=1S/C18H24BrOSi/c1-6-11-21-20-18(12-14(2)3,13-15(4)5)16-7-9-17(19)10-8-16/h6-10,21H,1-2,4,11-13H2,3,5H3/q+1. The average Bonchev–Trinajstić information content (AvgIpc) is 2.38. The molecule has 1 aromatic rings. The fourth-order valence-electron chi connectivity index (χ4n) is 2.42. The van der Waals surface area contributed by atoms with Gasteiger partial charge in [0.05, 0.1) is 0 Å². The number of halogens is 1. The maximum Gasteiger partial charge on any atom is 0.464 e. The highest BCUT2D eigenvalue weighted by molar-refractivity contribution is 9.10. The van der Waals surface area contributed by atoms with Crippen LogP contribution in [0, 0.1) is 0 Å². The van der Waals surface area contributed by atoms with Gasteiger partial charge in [0.1, 0.15) is 11.6 Å². The summed E-state index contributed by atoms with van der Waals surface area (Å²) < 4.78 is 7.47. The Balaban J connectivity index is 3.19. The van der Waals surface area contributed by atoms with Gasteiger partial charge in [-0.05, 0) is 31.5 Å². The first-order valence-corrected chi connectivity index (χ1v) is 9.13. The van der Waals surface area contributed by atoms with Crippen molar-refractivity contribution in [2.45, 2.75) is 38.3 Å². The summed E-state index contributed by atoms with van der Waals surface area (Å²) in [6, 6.07) is 9.30. The largest absolute Gasteiger partial charge is 0.464 e. The molecular weight excluding hydrogens is 340 g/mol. The molecule has 3 heteroatoms. The van der Waals surface area contributed by atoms with Crippen molar-refractivity contribution in [1.82, 2.24) is 0 Å². The van der Waals surface area contributed by atoms with E-state index in [1.807, 2.05) is 6.08 Å². The minimum Gasteiger partial charge on any atom is -0.219 e. The van der Waals surface area contributed by atoms with E-state index in [9.17, 15) is 0 Å². The Kier molecular flexibility index (Phi) is 7.36. The maximum atomic E-state index is 6.39. The molecule has 1 rings (SSSR count). The van der Waals surface area contributed by atoms with E-state index < -0.39 is 0 Å². The van der Waals surface area contributed by atoms with E-state index in [0.717, 1.165) is 34.5 Å². The summed E-state index contributed by atoms with van der Waals surface area (Å²) in [5.41, 5.74) is 3.08.